The van der Waals surface area contributed by atoms with Gasteiger partial charge >= 0.3 is 6.03 Å². The highest BCUT2D eigenvalue weighted by Gasteiger charge is 2.29. The van der Waals surface area contributed by atoms with E-state index in [0.717, 1.165) is 11.3 Å². The normalized spacial score (nSPS) is 16.5. The van der Waals surface area contributed by atoms with Gasteiger partial charge in [0.15, 0.2) is 0 Å². The Hall–Kier alpha value is -3.02. The van der Waals surface area contributed by atoms with Crippen molar-refractivity contribution in [3.63, 3.8) is 0 Å². The number of carbonyl (C=O) groups excluding carboxylic acids is 2. The second-order valence-corrected chi connectivity index (χ2v) is 6.02. The summed E-state index contributed by atoms with van der Waals surface area (Å²) in [6.45, 7) is 1.27. The number of rotatable bonds is 5. The summed E-state index contributed by atoms with van der Waals surface area (Å²) >= 11 is 0. The van der Waals surface area contributed by atoms with Crippen LogP contribution < -0.4 is 15.8 Å². The van der Waals surface area contributed by atoms with Crippen LogP contribution in [0.1, 0.15) is 12.0 Å². The van der Waals surface area contributed by atoms with Crippen LogP contribution in [0.5, 0.6) is 11.5 Å². The van der Waals surface area contributed by atoms with Gasteiger partial charge in [-0.3, -0.25) is 4.79 Å². The Labute approximate surface area is 146 Å². The fourth-order valence-electron chi connectivity index (χ4n) is 2.82. The molecule has 1 heterocycles. The minimum Gasteiger partial charge on any atom is -0.457 e. The quantitative estimate of drug-likeness (QED) is 0.878. The zero-order chi connectivity index (χ0) is 17.6. The molecule has 0 aliphatic carbocycles. The van der Waals surface area contributed by atoms with E-state index < -0.39 is 0 Å². The number of carbonyl (C=O) groups is 2. The van der Waals surface area contributed by atoms with Crippen LogP contribution in [0.25, 0.3) is 0 Å². The van der Waals surface area contributed by atoms with E-state index >= 15 is 0 Å². The summed E-state index contributed by atoms with van der Waals surface area (Å²) in [5.41, 5.74) is 6.18. The molecule has 0 spiro atoms. The number of nitrogens with one attached hydrogen (secondary N) is 1. The number of nitrogens with two attached hydrogens (primary N) is 1. The summed E-state index contributed by atoms with van der Waals surface area (Å²) in [5, 5.41) is 2.88. The van der Waals surface area contributed by atoms with E-state index in [1.54, 1.807) is 4.90 Å². The molecule has 0 saturated carbocycles. The molecule has 0 bridgehead atoms. The number of urea groups is 1. The molecule has 0 unspecified atom stereocenters. The van der Waals surface area contributed by atoms with Crippen LogP contribution in [-0.4, -0.2) is 29.9 Å². The second kappa shape index (κ2) is 7.70. The maximum absolute atomic E-state index is 12.3. The molecule has 3 N–H and O–H groups in total. The number of benzene rings is 2. The van der Waals surface area contributed by atoms with Gasteiger partial charge in [-0.25, -0.2) is 4.79 Å². The number of likely N-dealkylation sites (tertiary alicyclic amines) is 1. The van der Waals surface area contributed by atoms with Gasteiger partial charge in [0.1, 0.15) is 11.5 Å². The van der Waals surface area contributed by atoms with Crippen molar-refractivity contribution in [1.29, 1.82) is 0 Å². The maximum atomic E-state index is 12.3. The molecule has 1 fully saturated rings. The zero-order valence-corrected chi connectivity index (χ0v) is 13.9. The van der Waals surface area contributed by atoms with E-state index in [1.165, 1.54) is 0 Å². The second-order valence-electron chi connectivity index (χ2n) is 6.02. The number of para-hydroxylation sites is 2. The number of primary amides is 1. The molecule has 0 radical (unpaired) electrons. The molecule has 3 rings (SSSR count). The van der Waals surface area contributed by atoms with Crippen LogP contribution in [0.15, 0.2) is 54.6 Å². The van der Waals surface area contributed by atoms with Crippen molar-refractivity contribution < 1.29 is 14.3 Å². The Balaban J connectivity index is 1.60. The van der Waals surface area contributed by atoms with Gasteiger partial charge in [0, 0.05) is 25.2 Å². The largest absolute Gasteiger partial charge is 0.457 e. The lowest BCUT2D eigenvalue weighted by Crippen LogP contribution is -2.39. The molecule has 1 saturated heterocycles. The van der Waals surface area contributed by atoms with Crippen LogP contribution in [0.2, 0.25) is 0 Å². The highest BCUT2D eigenvalue weighted by Crippen LogP contribution is 2.25. The van der Waals surface area contributed by atoms with Crippen molar-refractivity contribution in [3.8, 4) is 11.5 Å². The van der Waals surface area contributed by atoms with E-state index in [4.69, 9.17) is 10.5 Å². The lowest BCUT2D eigenvalue weighted by Gasteiger charge is -2.18. The van der Waals surface area contributed by atoms with Gasteiger partial charge in [0.05, 0.1) is 5.92 Å². The Morgan fingerprint density at radius 2 is 1.84 bits per heavy atom. The summed E-state index contributed by atoms with van der Waals surface area (Å²) in [7, 11) is 0. The average molecular weight is 339 g/mol. The highest BCUT2D eigenvalue weighted by atomic mass is 16.5. The zero-order valence-electron chi connectivity index (χ0n) is 13.9. The van der Waals surface area contributed by atoms with E-state index in [1.807, 2.05) is 54.6 Å². The molecule has 1 atom stereocenters. The Morgan fingerprint density at radius 3 is 2.56 bits per heavy atom. The van der Waals surface area contributed by atoms with Gasteiger partial charge in [-0.1, -0.05) is 36.4 Å². The lowest BCUT2D eigenvalue weighted by atomic mass is 10.1. The van der Waals surface area contributed by atoms with Gasteiger partial charge in [0.2, 0.25) is 5.91 Å². The molecule has 1 aliphatic rings. The van der Waals surface area contributed by atoms with Crippen LogP contribution in [0.3, 0.4) is 0 Å². The Morgan fingerprint density at radius 1 is 1.12 bits per heavy atom. The van der Waals surface area contributed by atoms with Crippen molar-refractivity contribution in [2.45, 2.75) is 13.0 Å². The fourth-order valence-corrected chi connectivity index (χ4v) is 2.82. The first-order valence-corrected chi connectivity index (χ1v) is 8.26. The van der Waals surface area contributed by atoms with Gasteiger partial charge in [-0.15, -0.1) is 0 Å². The van der Waals surface area contributed by atoms with Crippen molar-refractivity contribution in [1.82, 2.24) is 10.2 Å². The molecule has 2 aromatic carbocycles. The average Bonchev–Trinajstić information content (AvgIpc) is 3.12. The number of ether oxygens (including phenoxy) is 1. The molecule has 3 amide bonds. The Bertz CT molecular complexity index is 749. The van der Waals surface area contributed by atoms with E-state index in [9.17, 15) is 9.59 Å². The third kappa shape index (κ3) is 4.29. The van der Waals surface area contributed by atoms with Gasteiger partial charge in [0.25, 0.3) is 0 Å². The molecule has 25 heavy (non-hydrogen) atoms. The van der Waals surface area contributed by atoms with Gasteiger partial charge < -0.3 is 20.7 Å². The Kier molecular flexibility index (Phi) is 5.18. The molecule has 2 aromatic rings. The summed E-state index contributed by atoms with van der Waals surface area (Å²) in [6.07, 6.45) is 0.621. The monoisotopic (exact) mass is 339 g/mol. The summed E-state index contributed by atoms with van der Waals surface area (Å²) in [6, 6.07) is 16.9. The fraction of sp³-hybridized carbons (Fsp3) is 0.263. The predicted molar refractivity (Wildman–Crippen MR) is 94.1 cm³/mol. The number of hydrogen-bond donors (Lipinski definition) is 2. The van der Waals surface area contributed by atoms with Crippen molar-refractivity contribution in [2.75, 3.05) is 13.1 Å². The molecule has 0 aromatic heterocycles. The number of amides is 3. The van der Waals surface area contributed by atoms with Crippen LogP contribution in [-0.2, 0) is 11.3 Å². The first-order chi connectivity index (χ1) is 12.1. The first-order valence-electron chi connectivity index (χ1n) is 8.26. The lowest BCUT2D eigenvalue weighted by molar-refractivity contribution is -0.121. The summed E-state index contributed by atoms with van der Waals surface area (Å²) in [5.74, 6) is 0.840. The molecule has 130 valence electrons. The molecule has 1 aliphatic heterocycles. The highest BCUT2D eigenvalue weighted by molar-refractivity contribution is 5.80. The number of nitrogens with zero attached hydrogens (tertiary/aromatic N) is 1. The van der Waals surface area contributed by atoms with Crippen LogP contribution in [0.4, 0.5) is 4.79 Å². The smallest absolute Gasteiger partial charge is 0.317 e. The molecule has 6 heteroatoms. The standard InChI is InChI=1S/C19H21N3O3/c20-18(23)15-10-11-22(13-15)19(24)21-12-14-6-4-5-9-17(14)25-16-7-2-1-3-8-16/h1-9,15H,10-13H2,(H2,20,23)(H,21,24)/t15-/m1/s1. The van der Waals surface area contributed by atoms with E-state index in [2.05, 4.69) is 5.32 Å². The molecule has 6 nitrogen and oxygen atoms in total. The maximum Gasteiger partial charge on any atom is 0.317 e. The van der Waals surface area contributed by atoms with Crippen molar-refractivity contribution in [3.05, 3.63) is 60.2 Å². The third-order valence-corrected chi connectivity index (χ3v) is 4.25. The SMILES string of the molecule is NC(=O)[C@@H]1CCN(C(=O)NCc2ccccc2Oc2ccccc2)C1. The summed E-state index contributed by atoms with van der Waals surface area (Å²) in [4.78, 5) is 25.1. The number of hydrogen-bond acceptors (Lipinski definition) is 3. The van der Waals surface area contributed by atoms with Crippen molar-refractivity contribution >= 4 is 11.9 Å². The molecular formula is C19H21N3O3. The minimum absolute atomic E-state index is 0.196. The summed E-state index contributed by atoms with van der Waals surface area (Å²) < 4.78 is 5.89. The van der Waals surface area contributed by atoms with Crippen molar-refractivity contribution in [2.24, 2.45) is 11.7 Å². The predicted octanol–water partition coefficient (Wildman–Crippen LogP) is 2.50. The third-order valence-electron chi connectivity index (χ3n) is 4.25. The van der Waals surface area contributed by atoms with E-state index in [0.29, 0.717) is 31.8 Å². The van der Waals surface area contributed by atoms with Gasteiger partial charge in [-0.05, 0) is 24.6 Å². The van der Waals surface area contributed by atoms with E-state index in [-0.39, 0.29) is 17.9 Å². The van der Waals surface area contributed by atoms with Gasteiger partial charge in [-0.2, -0.15) is 0 Å². The topological polar surface area (TPSA) is 84.7 Å². The first kappa shape index (κ1) is 16.8. The van der Waals surface area contributed by atoms with Crippen LogP contribution >= 0.6 is 0 Å². The minimum atomic E-state index is -0.350. The van der Waals surface area contributed by atoms with Crippen LogP contribution in [0, 0.1) is 5.92 Å². The molecular weight excluding hydrogens is 318 g/mol.